The summed E-state index contributed by atoms with van der Waals surface area (Å²) in [7, 11) is 3.36. The average Bonchev–Trinajstić information content (AvgIpc) is 3.20. The number of hydrogen-bond donors (Lipinski definition) is 0. The molecule has 1 aliphatic carbocycles. The standard InChI is InChI=1S/C23H26N2O4/c1-27-16-8-14-15(9-17(16)28-2)25-20(26)10-18-21-13-7-19-23(14,22(21)25)4-5-24(19)11-12(13)3-6-29-18/h3,8-9,13,18-19,21-22H,4-7,10-11H2,1-2H3/t13-,18-,19-,21-,22-,23-/m0/s1. The molecular weight excluding hydrogens is 368 g/mol. The maximum absolute atomic E-state index is 13.5. The third-order valence-electron chi connectivity index (χ3n) is 8.81. The first-order valence-corrected chi connectivity index (χ1v) is 10.8. The van der Waals surface area contributed by atoms with Crippen LogP contribution in [0.5, 0.6) is 11.5 Å². The van der Waals surface area contributed by atoms with Gasteiger partial charge in [0, 0.05) is 30.0 Å². The number of anilines is 1. The van der Waals surface area contributed by atoms with Crippen LogP contribution in [-0.4, -0.2) is 62.9 Å². The molecular formula is C23H26N2O4. The summed E-state index contributed by atoms with van der Waals surface area (Å²) in [6, 6.07) is 4.87. The maximum atomic E-state index is 13.5. The van der Waals surface area contributed by atoms with Crippen molar-refractivity contribution in [3.8, 4) is 11.5 Å². The number of fused-ring (bicyclic) bond motifs is 2. The van der Waals surface area contributed by atoms with E-state index < -0.39 is 0 Å². The Labute approximate surface area is 170 Å². The molecule has 0 aromatic heterocycles. The predicted octanol–water partition coefficient (Wildman–Crippen LogP) is 2.11. The molecule has 1 aromatic carbocycles. The molecule has 2 bridgehead atoms. The van der Waals surface area contributed by atoms with Gasteiger partial charge in [-0.2, -0.15) is 0 Å². The molecule has 1 saturated carbocycles. The Balaban J connectivity index is 1.52. The lowest BCUT2D eigenvalue weighted by molar-refractivity contribution is -0.132. The molecule has 6 nitrogen and oxygen atoms in total. The number of benzene rings is 1. The van der Waals surface area contributed by atoms with Crippen molar-refractivity contribution in [1.82, 2.24) is 4.90 Å². The van der Waals surface area contributed by atoms with E-state index in [9.17, 15) is 4.79 Å². The summed E-state index contributed by atoms with van der Waals surface area (Å²) in [5.41, 5.74) is 3.85. The fraction of sp³-hybridized carbons (Fsp3) is 0.609. The van der Waals surface area contributed by atoms with Gasteiger partial charge in [-0.1, -0.05) is 11.6 Å². The van der Waals surface area contributed by atoms with Crippen molar-refractivity contribution in [2.45, 2.75) is 42.9 Å². The molecule has 0 N–H and O–H groups in total. The van der Waals surface area contributed by atoms with Crippen molar-refractivity contribution in [2.75, 3.05) is 38.8 Å². The molecule has 5 aliphatic heterocycles. The second kappa shape index (κ2) is 5.35. The smallest absolute Gasteiger partial charge is 0.229 e. The molecule has 29 heavy (non-hydrogen) atoms. The predicted molar refractivity (Wildman–Crippen MR) is 107 cm³/mol. The number of nitrogens with zero attached hydrogens (tertiary/aromatic N) is 2. The van der Waals surface area contributed by atoms with Crippen LogP contribution >= 0.6 is 0 Å². The van der Waals surface area contributed by atoms with Gasteiger partial charge in [-0.05, 0) is 36.9 Å². The monoisotopic (exact) mass is 394 g/mol. The summed E-state index contributed by atoms with van der Waals surface area (Å²) in [5.74, 6) is 2.57. The van der Waals surface area contributed by atoms with Crippen LogP contribution < -0.4 is 14.4 Å². The largest absolute Gasteiger partial charge is 0.493 e. The topological polar surface area (TPSA) is 51.2 Å². The lowest BCUT2D eigenvalue weighted by Gasteiger charge is -2.58. The van der Waals surface area contributed by atoms with Crippen molar-refractivity contribution < 1.29 is 19.0 Å². The first-order chi connectivity index (χ1) is 14.2. The van der Waals surface area contributed by atoms with Gasteiger partial charge < -0.3 is 19.1 Å². The lowest BCUT2D eigenvalue weighted by atomic mass is 9.53. The number of ether oxygens (including phenoxy) is 3. The van der Waals surface area contributed by atoms with Crippen LogP contribution in [0.1, 0.15) is 24.8 Å². The molecule has 0 radical (unpaired) electrons. The zero-order valence-corrected chi connectivity index (χ0v) is 16.9. The minimum Gasteiger partial charge on any atom is -0.493 e. The van der Waals surface area contributed by atoms with Crippen LogP contribution in [0, 0.1) is 11.8 Å². The van der Waals surface area contributed by atoms with Crippen molar-refractivity contribution >= 4 is 11.6 Å². The van der Waals surface area contributed by atoms with Gasteiger partial charge in [0.15, 0.2) is 11.5 Å². The van der Waals surface area contributed by atoms with Gasteiger partial charge in [-0.15, -0.1) is 0 Å². The number of rotatable bonds is 2. The molecule has 1 aromatic rings. The van der Waals surface area contributed by atoms with E-state index in [0.717, 1.165) is 30.9 Å². The van der Waals surface area contributed by atoms with Gasteiger partial charge in [0.1, 0.15) is 0 Å². The van der Waals surface area contributed by atoms with E-state index in [2.05, 4.69) is 21.9 Å². The zero-order chi connectivity index (χ0) is 19.5. The molecule has 4 fully saturated rings. The summed E-state index contributed by atoms with van der Waals surface area (Å²) in [5, 5.41) is 0. The minimum absolute atomic E-state index is 0.0242. The molecule has 6 atom stereocenters. The van der Waals surface area contributed by atoms with E-state index in [1.807, 2.05) is 6.07 Å². The molecule has 6 heteroatoms. The Morgan fingerprint density at radius 3 is 2.86 bits per heavy atom. The first-order valence-electron chi connectivity index (χ1n) is 10.8. The SMILES string of the molecule is COc1cc2c(cc1OC)[C@]13CCN4CC5=CCO[C@H]6CC(=O)N2[C@H]1[C@H]6[C@H]5C[C@H]43. The molecule has 0 unspecified atom stereocenters. The molecule has 1 amide bonds. The van der Waals surface area contributed by atoms with Gasteiger partial charge in [-0.3, -0.25) is 9.69 Å². The number of carbonyl (C=O) groups excluding carboxylic acids is 1. The Kier molecular flexibility index (Phi) is 3.08. The highest BCUT2D eigenvalue weighted by molar-refractivity contribution is 5.99. The van der Waals surface area contributed by atoms with Gasteiger partial charge >= 0.3 is 0 Å². The normalized spacial score (nSPS) is 41.0. The van der Waals surface area contributed by atoms with Crippen LogP contribution in [0.2, 0.25) is 0 Å². The van der Waals surface area contributed by atoms with E-state index in [0.29, 0.717) is 36.7 Å². The molecule has 152 valence electrons. The van der Waals surface area contributed by atoms with Crippen LogP contribution in [0.3, 0.4) is 0 Å². The fourth-order valence-corrected chi connectivity index (χ4v) is 7.87. The van der Waals surface area contributed by atoms with Gasteiger partial charge in [0.25, 0.3) is 0 Å². The Bertz CT molecular complexity index is 974. The number of hydrogen-bond acceptors (Lipinski definition) is 5. The van der Waals surface area contributed by atoms with Crippen molar-refractivity contribution in [2.24, 2.45) is 11.8 Å². The Hall–Kier alpha value is -2.05. The number of methoxy groups -OCH3 is 2. The zero-order valence-electron chi connectivity index (χ0n) is 16.9. The van der Waals surface area contributed by atoms with E-state index in [4.69, 9.17) is 14.2 Å². The summed E-state index contributed by atoms with van der Waals surface area (Å²) < 4.78 is 17.6. The highest BCUT2D eigenvalue weighted by atomic mass is 16.5. The van der Waals surface area contributed by atoms with E-state index in [-0.39, 0.29) is 23.5 Å². The molecule has 6 aliphatic rings. The van der Waals surface area contributed by atoms with Gasteiger partial charge in [-0.25, -0.2) is 0 Å². The van der Waals surface area contributed by atoms with Crippen LogP contribution in [0.25, 0.3) is 0 Å². The summed E-state index contributed by atoms with van der Waals surface area (Å²) in [4.78, 5) is 18.3. The highest BCUT2D eigenvalue weighted by Gasteiger charge is 2.71. The van der Waals surface area contributed by atoms with Crippen molar-refractivity contribution in [3.63, 3.8) is 0 Å². The van der Waals surface area contributed by atoms with E-state index in [1.54, 1.807) is 19.8 Å². The van der Waals surface area contributed by atoms with Crippen molar-refractivity contribution in [1.29, 1.82) is 0 Å². The molecule has 5 heterocycles. The second-order valence-corrected chi connectivity index (χ2v) is 9.48. The van der Waals surface area contributed by atoms with Crippen molar-refractivity contribution in [3.05, 3.63) is 29.3 Å². The van der Waals surface area contributed by atoms with Gasteiger partial charge in [0.2, 0.25) is 5.91 Å². The quantitative estimate of drug-likeness (QED) is 0.719. The fourth-order valence-electron chi connectivity index (χ4n) is 7.87. The third kappa shape index (κ3) is 1.76. The summed E-state index contributed by atoms with van der Waals surface area (Å²) in [6.45, 7) is 2.80. The van der Waals surface area contributed by atoms with Crippen LogP contribution in [-0.2, 0) is 14.9 Å². The number of carbonyl (C=O) groups is 1. The van der Waals surface area contributed by atoms with Crippen LogP contribution in [0.4, 0.5) is 5.69 Å². The Morgan fingerprint density at radius 2 is 2.03 bits per heavy atom. The minimum atomic E-state index is -0.0242. The maximum Gasteiger partial charge on any atom is 0.229 e. The average molecular weight is 394 g/mol. The number of amides is 1. The highest BCUT2D eigenvalue weighted by Crippen LogP contribution is 2.66. The Morgan fingerprint density at radius 1 is 1.21 bits per heavy atom. The lowest BCUT2D eigenvalue weighted by Crippen LogP contribution is -2.69. The molecule has 1 spiro atoms. The second-order valence-electron chi connectivity index (χ2n) is 9.48. The molecule has 7 rings (SSSR count). The number of piperidine rings is 2. The third-order valence-corrected chi connectivity index (χ3v) is 8.81. The van der Waals surface area contributed by atoms with Crippen LogP contribution in [0.15, 0.2) is 23.8 Å². The van der Waals surface area contributed by atoms with E-state index >= 15 is 0 Å². The summed E-state index contributed by atoms with van der Waals surface area (Å²) in [6.07, 6.45) is 5.11. The van der Waals surface area contributed by atoms with E-state index in [1.165, 1.54) is 12.0 Å². The van der Waals surface area contributed by atoms with Gasteiger partial charge in [0.05, 0.1) is 45.1 Å². The first kappa shape index (κ1) is 16.7. The summed E-state index contributed by atoms with van der Waals surface area (Å²) >= 11 is 0. The molecule has 3 saturated heterocycles.